The van der Waals surface area contributed by atoms with E-state index in [0.717, 1.165) is 30.8 Å². The van der Waals surface area contributed by atoms with E-state index in [-0.39, 0.29) is 18.3 Å². The third kappa shape index (κ3) is 5.56. The number of likely N-dealkylation sites (N-methyl/N-ethyl adjacent to an activating group) is 1. The number of benzene rings is 1. The highest BCUT2D eigenvalue weighted by atomic mass is 35.5. The summed E-state index contributed by atoms with van der Waals surface area (Å²) in [6.07, 6.45) is 1.76. The van der Waals surface area contributed by atoms with Gasteiger partial charge >= 0.3 is 0 Å². The van der Waals surface area contributed by atoms with Gasteiger partial charge in [-0.3, -0.25) is 4.79 Å². The van der Waals surface area contributed by atoms with Crippen LogP contribution >= 0.6 is 12.4 Å². The number of para-hydroxylation sites is 1. The van der Waals surface area contributed by atoms with Gasteiger partial charge in [0, 0.05) is 13.5 Å². The number of nitrogens with one attached hydrogen (secondary N) is 1. The summed E-state index contributed by atoms with van der Waals surface area (Å²) in [5.74, 6) is 1.61. The number of nitrogens with zero attached hydrogens (tertiary/aromatic N) is 1. The van der Waals surface area contributed by atoms with E-state index in [0.29, 0.717) is 25.5 Å². The average molecular weight is 313 g/mol. The molecule has 1 atom stereocenters. The monoisotopic (exact) mass is 312 g/mol. The Balaban J connectivity index is 0.00000220. The second-order valence-corrected chi connectivity index (χ2v) is 5.49. The van der Waals surface area contributed by atoms with Crippen molar-refractivity contribution in [2.75, 3.05) is 33.3 Å². The summed E-state index contributed by atoms with van der Waals surface area (Å²) in [4.78, 5) is 13.8. The molecule has 1 heterocycles. The first-order valence-electron chi connectivity index (χ1n) is 7.30. The first-order chi connectivity index (χ1) is 9.66. The van der Waals surface area contributed by atoms with Gasteiger partial charge in [-0.2, -0.15) is 0 Å². The Morgan fingerprint density at radius 1 is 1.43 bits per heavy atom. The highest BCUT2D eigenvalue weighted by Gasteiger charge is 2.20. The molecule has 0 aliphatic carbocycles. The molecule has 1 amide bonds. The standard InChI is InChI=1S/C16H24N2O2.ClH/c1-13-5-3-4-6-15(13)20-10-9-18(2)16(19)11-14-7-8-17-12-14;/h3-6,14,17H,7-12H2,1-2H3;1H. The number of halogens is 1. The topological polar surface area (TPSA) is 41.6 Å². The van der Waals surface area contributed by atoms with Crippen LogP contribution in [-0.4, -0.2) is 44.1 Å². The summed E-state index contributed by atoms with van der Waals surface area (Å²) >= 11 is 0. The van der Waals surface area contributed by atoms with Gasteiger partial charge in [0.15, 0.2) is 0 Å². The molecule has 0 saturated carbocycles. The third-order valence-corrected chi connectivity index (χ3v) is 3.83. The predicted octanol–water partition coefficient (Wildman–Crippen LogP) is 2.25. The molecule has 1 fully saturated rings. The number of ether oxygens (including phenoxy) is 1. The van der Waals surface area contributed by atoms with Crippen LogP contribution in [0.1, 0.15) is 18.4 Å². The molecular weight excluding hydrogens is 288 g/mol. The van der Waals surface area contributed by atoms with E-state index in [1.54, 1.807) is 4.90 Å². The normalized spacial score (nSPS) is 17.1. The molecule has 0 aromatic heterocycles. The molecule has 118 valence electrons. The lowest BCUT2D eigenvalue weighted by Gasteiger charge is -2.19. The van der Waals surface area contributed by atoms with Crippen LogP contribution in [0.5, 0.6) is 5.75 Å². The third-order valence-electron chi connectivity index (χ3n) is 3.83. The second-order valence-electron chi connectivity index (χ2n) is 5.49. The number of aryl methyl sites for hydroxylation is 1. The highest BCUT2D eigenvalue weighted by Crippen LogP contribution is 2.16. The number of carbonyl (C=O) groups excluding carboxylic acids is 1. The van der Waals surface area contributed by atoms with E-state index in [9.17, 15) is 4.79 Å². The summed E-state index contributed by atoms with van der Waals surface area (Å²) in [7, 11) is 1.85. The van der Waals surface area contributed by atoms with E-state index in [1.165, 1.54) is 0 Å². The molecule has 1 aromatic rings. The van der Waals surface area contributed by atoms with E-state index in [4.69, 9.17) is 4.74 Å². The van der Waals surface area contributed by atoms with Gasteiger partial charge in [0.25, 0.3) is 0 Å². The molecule has 1 aliphatic heterocycles. The number of hydrogen-bond donors (Lipinski definition) is 1. The molecule has 1 saturated heterocycles. The number of rotatable bonds is 6. The van der Waals surface area contributed by atoms with Crippen molar-refractivity contribution < 1.29 is 9.53 Å². The van der Waals surface area contributed by atoms with Gasteiger partial charge in [-0.1, -0.05) is 18.2 Å². The lowest BCUT2D eigenvalue weighted by atomic mass is 10.0. The zero-order valence-electron chi connectivity index (χ0n) is 12.8. The molecule has 21 heavy (non-hydrogen) atoms. The van der Waals surface area contributed by atoms with Gasteiger partial charge in [-0.05, 0) is 44.0 Å². The Bertz CT molecular complexity index is 448. The fourth-order valence-corrected chi connectivity index (χ4v) is 2.43. The van der Waals surface area contributed by atoms with Crippen molar-refractivity contribution in [1.29, 1.82) is 0 Å². The van der Waals surface area contributed by atoms with Gasteiger partial charge in [0.2, 0.25) is 5.91 Å². The maximum Gasteiger partial charge on any atom is 0.222 e. The van der Waals surface area contributed by atoms with Crippen LogP contribution < -0.4 is 10.1 Å². The van der Waals surface area contributed by atoms with Crippen molar-refractivity contribution in [3.05, 3.63) is 29.8 Å². The van der Waals surface area contributed by atoms with Crippen molar-refractivity contribution in [3.63, 3.8) is 0 Å². The maximum atomic E-state index is 12.1. The first-order valence-corrected chi connectivity index (χ1v) is 7.30. The van der Waals surface area contributed by atoms with Crippen molar-refractivity contribution >= 4 is 18.3 Å². The van der Waals surface area contributed by atoms with Crippen LogP contribution in [0.3, 0.4) is 0 Å². The zero-order valence-corrected chi connectivity index (χ0v) is 13.6. The van der Waals surface area contributed by atoms with Crippen LogP contribution in [0.25, 0.3) is 0 Å². The van der Waals surface area contributed by atoms with Gasteiger partial charge in [0.1, 0.15) is 12.4 Å². The van der Waals surface area contributed by atoms with Gasteiger partial charge in [-0.15, -0.1) is 12.4 Å². The minimum atomic E-state index is 0. The Morgan fingerprint density at radius 2 is 2.19 bits per heavy atom. The molecule has 5 heteroatoms. The SMILES string of the molecule is Cc1ccccc1OCCN(C)C(=O)CC1CCNC1.Cl. The molecule has 1 aromatic carbocycles. The minimum Gasteiger partial charge on any atom is -0.491 e. The quantitative estimate of drug-likeness (QED) is 0.876. The van der Waals surface area contributed by atoms with Crippen LogP contribution in [0, 0.1) is 12.8 Å². The van der Waals surface area contributed by atoms with Crippen LogP contribution in [0.15, 0.2) is 24.3 Å². The second kappa shape index (κ2) is 8.90. The maximum absolute atomic E-state index is 12.1. The Morgan fingerprint density at radius 3 is 2.86 bits per heavy atom. The van der Waals surface area contributed by atoms with E-state index >= 15 is 0 Å². The minimum absolute atomic E-state index is 0. The zero-order chi connectivity index (χ0) is 14.4. The summed E-state index contributed by atoms with van der Waals surface area (Å²) in [5.41, 5.74) is 1.12. The Labute approximate surface area is 133 Å². The van der Waals surface area contributed by atoms with Crippen molar-refractivity contribution in [1.82, 2.24) is 10.2 Å². The molecule has 1 N–H and O–H groups in total. The molecule has 0 bridgehead atoms. The van der Waals surface area contributed by atoms with Gasteiger partial charge in [0.05, 0.1) is 6.54 Å². The lowest BCUT2D eigenvalue weighted by molar-refractivity contribution is -0.131. The van der Waals surface area contributed by atoms with E-state index in [1.807, 2.05) is 38.2 Å². The smallest absolute Gasteiger partial charge is 0.222 e. The van der Waals surface area contributed by atoms with Crippen LogP contribution in [-0.2, 0) is 4.79 Å². The average Bonchev–Trinajstić information content (AvgIpc) is 2.93. The number of amides is 1. The molecular formula is C16H25ClN2O2. The van der Waals surface area contributed by atoms with E-state index < -0.39 is 0 Å². The Kier molecular flexibility index (Phi) is 7.54. The molecule has 1 aliphatic rings. The van der Waals surface area contributed by atoms with Crippen molar-refractivity contribution in [2.45, 2.75) is 19.8 Å². The summed E-state index contributed by atoms with van der Waals surface area (Å²) in [6, 6.07) is 7.94. The summed E-state index contributed by atoms with van der Waals surface area (Å²) < 4.78 is 5.72. The van der Waals surface area contributed by atoms with Crippen molar-refractivity contribution in [3.8, 4) is 5.75 Å². The first kappa shape index (κ1) is 17.8. The van der Waals surface area contributed by atoms with Crippen molar-refractivity contribution in [2.24, 2.45) is 5.92 Å². The molecule has 0 spiro atoms. The number of hydrogen-bond acceptors (Lipinski definition) is 3. The summed E-state index contributed by atoms with van der Waals surface area (Å²) in [5, 5.41) is 3.29. The molecule has 4 nitrogen and oxygen atoms in total. The van der Waals surface area contributed by atoms with Crippen LogP contribution in [0.4, 0.5) is 0 Å². The van der Waals surface area contributed by atoms with Gasteiger partial charge < -0.3 is 15.0 Å². The highest BCUT2D eigenvalue weighted by molar-refractivity contribution is 5.85. The summed E-state index contributed by atoms with van der Waals surface area (Å²) in [6.45, 7) is 5.21. The lowest BCUT2D eigenvalue weighted by Crippen LogP contribution is -2.32. The van der Waals surface area contributed by atoms with Gasteiger partial charge in [-0.25, -0.2) is 0 Å². The fourth-order valence-electron chi connectivity index (χ4n) is 2.43. The molecule has 1 unspecified atom stereocenters. The van der Waals surface area contributed by atoms with E-state index in [2.05, 4.69) is 5.32 Å². The van der Waals surface area contributed by atoms with Crippen LogP contribution in [0.2, 0.25) is 0 Å². The number of carbonyl (C=O) groups is 1. The molecule has 0 radical (unpaired) electrons. The fraction of sp³-hybridized carbons (Fsp3) is 0.562. The largest absolute Gasteiger partial charge is 0.491 e. The predicted molar refractivity (Wildman–Crippen MR) is 87.2 cm³/mol. The molecule has 2 rings (SSSR count). The Hall–Kier alpha value is -1.26.